The van der Waals surface area contributed by atoms with Crippen molar-refractivity contribution in [2.24, 2.45) is 14.1 Å². The topological polar surface area (TPSA) is 9.86 Å². The first-order valence-corrected chi connectivity index (χ1v) is 18.7. The Morgan fingerprint density at radius 3 is 1.24 bits per heavy atom. The maximum Gasteiger partial charge on any atom is 0.0568 e. The largest absolute Gasteiger partial charge is 0.343 e. The Bertz CT molecular complexity index is 3110. The molecule has 0 atom stereocenters. The second-order valence-electron chi connectivity index (χ2n) is 14.6. The van der Waals surface area contributed by atoms with Crippen molar-refractivity contribution >= 4 is 65.2 Å². The molecule has 0 saturated carbocycles. The van der Waals surface area contributed by atoms with Crippen LogP contribution in [-0.4, -0.2) is 9.13 Å². The lowest BCUT2D eigenvalue weighted by atomic mass is 9.85. The summed E-state index contributed by atoms with van der Waals surface area (Å²) in [7, 11) is 4.41. The molecule has 0 saturated heterocycles. The molecule has 0 N–H and O–H groups in total. The van der Waals surface area contributed by atoms with Gasteiger partial charge in [0.15, 0.2) is 0 Å². The van der Waals surface area contributed by atoms with Crippen LogP contribution in [0.3, 0.4) is 0 Å². The molecule has 2 heteroatoms. The fourth-order valence-corrected chi connectivity index (χ4v) is 9.34. The Morgan fingerprint density at radius 2 is 0.685 bits per heavy atom. The van der Waals surface area contributed by atoms with Gasteiger partial charge in [0.05, 0.1) is 11.0 Å². The minimum absolute atomic E-state index is 1.21. The number of rotatable bonds is 4. The molecule has 2 heterocycles. The zero-order valence-electron chi connectivity index (χ0n) is 30.2. The van der Waals surface area contributed by atoms with Gasteiger partial charge in [0, 0.05) is 57.8 Å². The maximum atomic E-state index is 2.48. The van der Waals surface area contributed by atoms with Gasteiger partial charge in [-0.15, -0.1) is 0 Å². The molecule has 0 unspecified atom stereocenters. The highest BCUT2D eigenvalue weighted by atomic mass is 14.9. The summed E-state index contributed by atoms with van der Waals surface area (Å²) in [4.78, 5) is 0. The van der Waals surface area contributed by atoms with Crippen LogP contribution in [0, 0.1) is 0 Å². The number of aromatic nitrogens is 2. The Labute approximate surface area is 313 Å². The van der Waals surface area contributed by atoms with Crippen LogP contribution in [0.5, 0.6) is 0 Å². The van der Waals surface area contributed by atoms with Crippen LogP contribution in [0.2, 0.25) is 0 Å². The van der Waals surface area contributed by atoms with Crippen molar-refractivity contribution in [3.8, 4) is 44.5 Å². The molecule has 0 aliphatic rings. The minimum Gasteiger partial charge on any atom is -0.343 e. The number of para-hydroxylation sites is 4. The van der Waals surface area contributed by atoms with Gasteiger partial charge >= 0.3 is 0 Å². The van der Waals surface area contributed by atoms with Crippen molar-refractivity contribution < 1.29 is 0 Å². The van der Waals surface area contributed by atoms with E-state index in [9.17, 15) is 0 Å². The molecular weight excluding hydrogens is 653 g/mol. The van der Waals surface area contributed by atoms with Crippen molar-refractivity contribution in [2.45, 2.75) is 0 Å². The van der Waals surface area contributed by atoms with Crippen LogP contribution >= 0.6 is 0 Å². The number of aryl methyl sites for hydroxylation is 2. The predicted molar refractivity (Wildman–Crippen MR) is 231 cm³/mol. The Hall–Kier alpha value is -6.90. The van der Waals surface area contributed by atoms with Crippen molar-refractivity contribution in [1.29, 1.82) is 0 Å². The van der Waals surface area contributed by atoms with E-state index in [4.69, 9.17) is 0 Å². The summed E-state index contributed by atoms with van der Waals surface area (Å²) in [6.07, 6.45) is 0. The summed E-state index contributed by atoms with van der Waals surface area (Å²) in [6, 6.07) is 67.2. The second-order valence-corrected chi connectivity index (χ2v) is 14.6. The molecule has 254 valence electrons. The lowest BCUT2D eigenvalue weighted by molar-refractivity contribution is 1.02. The van der Waals surface area contributed by atoms with Crippen molar-refractivity contribution in [3.63, 3.8) is 0 Å². The van der Waals surface area contributed by atoms with E-state index in [0.29, 0.717) is 0 Å². The van der Waals surface area contributed by atoms with Crippen LogP contribution in [0.1, 0.15) is 0 Å². The highest BCUT2D eigenvalue weighted by molar-refractivity contribution is 6.23. The van der Waals surface area contributed by atoms with Gasteiger partial charge in [0.2, 0.25) is 0 Å². The minimum atomic E-state index is 1.21. The van der Waals surface area contributed by atoms with Gasteiger partial charge in [-0.1, -0.05) is 158 Å². The molecule has 0 aliphatic carbocycles. The number of hydrogen-bond acceptors (Lipinski definition) is 0. The van der Waals surface area contributed by atoms with Crippen LogP contribution in [0.25, 0.3) is 110 Å². The molecule has 2 aromatic heterocycles. The molecule has 0 aliphatic heterocycles. The van der Waals surface area contributed by atoms with Crippen molar-refractivity contribution in [3.05, 3.63) is 182 Å². The zero-order valence-corrected chi connectivity index (χ0v) is 30.2. The fourth-order valence-electron chi connectivity index (χ4n) is 9.34. The van der Waals surface area contributed by atoms with Gasteiger partial charge in [0.1, 0.15) is 0 Å². The average Bonchev–Trinajstić information content (AvgIpc) is 3.70. The summed E-state index contributed by atoms with van der Waals surface area (Å²) in [5, 5.41) is 10.1. The molecule has 0 amide bonds. The summed E-state index contributed by atoms with van der Waals surface area (Å²) >= 11 is 0. The van der Waals surface area contributed by atoms with E-state index in [2.05, 4.69) is 205 Å². The van der Waals surface area contributed by atoms with Gasteiger partial charge < -0.3 is 9.13 Å². The summed E-state index contributed by atoms with van der Waals surface area (Å²) in [6.45, 7) is 0. The lowest BCUT2D eigenvalue weighted by Crippen LogP contribution is -1.94. The number of nitrogens with zero attached hydrogens (tertiary/aromatic N) is 2. The molecule has 0 fully saturated rings. The highest BCUT2D eigenvalue weighted by Crippen LogP contribution is 2.46. The van der Waals surface area contributed by atoms with Gasteiger partial charge in [-0.25, -0.2) is 0 Å². The van der Waals surface area contributed by atoms with Crippen molar-refractivity contribution in [2.75, 3.05) is 0 Å². The first kappa shape index (κ1) is 30.7. The maximum absolute atomic E-state index is 2.48. The Morgan fingerprint density at radius 1 is 0.278 bits per heavy atom. The fraction of sp³-hybridized carbons (Fsp3) is 0.0385. The number of hydrogen-bond donors (Lipinski definition) is 0. The van der Waals surface area contributed by atoms with Crippen LogP contribution in [-0.2, 0) is 14.1 Å². The molecule has 9 aromatic carbocycles. The average molecular weight is 689 g/mol. The molecule has 0 spiro atoms. The Balaban J connectivity index is 1.28. The molecule has 0 bridgehead atoms. The third-order valence-corrected chi connectivity index (χ3v) is 11.7. The van der Waals surface area contributed by atoms with E-state index in [0.717, 1.165) is 0 Å². The summed E-state index contributed by atoms with van der Waals surface area (Å²) < 4.78 is 4.74. The molecule has 2 nitrogen and oxygen atoms in total. The van der Waals surface area contributed by atoms with Crippen molar-refractivity contribution in [1.82, 2.24) is 9.13 Å². The monoisotopic (exact) mass is 688 g/mol. The molecule has 11 aromatic rings. The van der Waals surface area contributed by atoms with Crippen LogP contribution < -0.4 is 0 Å². The predicted octanol–water partition coefficient (Wildman–Crippen LogP) is 14.0. The van der Waals surface area contributed by atoms with Crippen LogP contribution in [0.15, 0.2) is 182 Å². The van der Waals surface area contributed by atoms with E-state index in [1.54, 1.807) is 0 Å². The normalized spacial score (nSPS) is 11.9. The van der Waals surface area contributed by atoms with E-state index in [1.165, 1.54) is 110 Å². The van der Waals surface area contributed by atoms with Crippen LogP contribution in [0.4, 0.5) is 0 Å². The van der Waals surface area contributed by atoms with E-state index < -0.39 is 0 Å². The summed E-state index contributed by atoms with van der Waals surface area (Å²) in [5.41, 5.74) is 14.9. The Kier molecular flexibility index (Phi) is 6.72. The first-order valence-electron chi connectivity index (χ1n) is 18.7. The van der Waals surface area contributed by atoms with Gasteiger partial charge in [-0.3, -0.25) is 0 Å². The number of fused-ring (bicyclic) bond motifs is 8. The van der Waals surface area contributed by atoms with E-state index >= 15 is 0 Å². The molecule has 11 rings (SSSR count). The number of benzene rings is 9. The molecular formula is C52H36N2. The molecule has 54 heavy (non-hydrogen) atoms. The third-order valence-electron chi connectivity index (χ3n) is 11.7. The second kappa shape index (κ2) is 11.8. The van der Waals surface area contributed by atoms with E-state index in [-0.39, 0.29) is 0 Å². The lowest BCUT2D eigenvalue weighted by Gasteiger charge is -2.19. The SMILES string of the molecule is Cn1c2ccccc2c2cccc(-c3cccc4c(-c5cccc(-c6ccccc6)c5)c5cccc(-c6cccc7c8ccccc8n(C)c67)c5cc34)c21. The van der Waals surface area contributed by atoms with Gasteiger partial charge in [0.25, 0.3) is 0 Å². The highest BCUT2D eigenvalue weighted by Gasteiger charge is 2.21. The smallest absolute Gasteiger partial charge is 0.0568 e. The quantitative estimate of drug-likeness (QED) is 0.163. The summed E-state index contributed by atoms with van der Waals surface area (Å²) in [5.74, 6) is 0. The first-order chi connectivity index (χ1) is 26.7. The molecule has 0 radical (unpaired) electrons. The van der Waals surface area contributed by atoms with Gasteiger partial charge in [-0.2, -0.15) is 0 Å². The third kappa shape index (κ3) is 4.41. The standard InChI is InChI=1S/C52H36N2/c1-53-48-29-8-6-19-38(48)44-27-13-25-42(51(44)53)36-21-11-23-40-46(36)32-47-37(43-26-14-28-45-39-20-7-9-30-49(39)54(2)52(43)45)22-12-24-41(47)50(40)35-18-10-17-34(31-35)33-15-4-3-5-16-33/h3-32H,1-2H3. The zero-order chi connectivity index (χ0) is 35.9. The van der Waals surface area contributed by atoms with E-state index in [1.807, 2.05) is 0 Å². The van der Waals surface area contributed by atoms with Gasteiger partial charge in [-0.05, 0) is 79.2 Å².